The number of unbranched alkanes of at least 4 members (excludes halogenated alkanes) is 16. The molecular formula is C45H74O10. The van der Waals surface area contributed by atoms with Crippen LogP contribution in [-0.4, -0.2) is 89.0 Å². The summed E-state index contributed by atoms with van der Waals surface area (Å²) >= 11 is 0. The van der Waals surface area contributed by atoms with Gasteiger partial charge in [-0.15, -0.1) is 0 Å². The van der Waals surface area contributed by atoms with Gasteiger partial charge in [0.1, 0.15) is 31.0 Å². The molecule has 1 aliphatic rings. The molecule has 6 atom stereocenters. The van der Waals surface area contributed by atoms with Crippen LogP contribution < -0.4 is 0 Å². The molecule has 10 nitrogen and oxygen atoms in total. The number of esters is 2. The van der Waals surface area contributed by atoms with E-state index in [4.69, 9.17) is 18.9 Å². The van der Waals surface area contributed by atoms with Crippen LogP contribution in [0.5, 0.6) is 0 Å². The van der Waals surface area contributed by atoms with E-state index in [0.717, 1.165) is 51.4 Å². The Labute approximate surface area is 332 Å². The first-order valence-electron chi connectivity index (χ1n) is 21.1. The minimum atomic E-state index is -1.61. The van der Waals surface area contributed by atoms with Crippen molar-refractivity contribution in [3.8, 4) is 0 Å². The SMILES string of the molecule is CC/C=C/C=C/C=C/C=C/CCCCCCCC(=O)O[C@@H](COC(=O)/C=C/C=C/CCCCCCCCCCCCC)CO[C@H]1O[C@@H](CO)[C@@H](O)C(O)C1O. The van der Waals surface area contributed by atoms with Crippen LogP contribution in [-0.2, 0) is 28.5 Å². The Kier molecular flexibility index (Phi) is 32.4. The molecule has 0 saturated carbocycles. The first-order valence-corrected chi connectivity index (χ1v) is 21.1. The summed E-state index contributed by atoms with van der Waals surface area (Å²) in [6, 6.07) is 0. The van der Waals surface area contributed by atoms with Gasteiger partial charge in [-0.05, 0) is 38.5 Å². The third-order valence-corrected chi connectivity index (χ3v) is 9.27. The molecule has 0 aliphatic carbocycles. The van der Waals surface area contributed by atoms with Crippen molar-refractivity contribution in [1.82, 2.24) is 0 Å². The maximum Gasteiger partial charge on any atom is 0.330 e. The minimum absolute atomic E-state index is 0.181. The number of aliphatic hydroxyl groups is 4. The first kappa shape index (κ1) is 50.2. The van der Waals surface area contributed by atoms with Gasteiger partial charge in [0.25, 0.3) is 0 Å². The number of hydrogen-bond donors (Lipinski definition) is 4. The van der Waals surface area contributed by atoms with Gasteiger partial charge >= 0.3 is 11.9 Å². The summed E-state index contributed by atoms with van der Waals surface area (Å²) in [6.07, 6.45) is 36.8. The van der Waals surface area contributed by atoms with Crippen molar-refractivity contribution in [3.63, 3.8) is 0 Å². The zero-order chi connectivity index (χ0) is 40.2. The Bertz CT molecular complexity index is 1120. The van der Waals surface area contributed by atoms with Crippen molar-refractivity contribution < 1.29 is 49.0 Å². The lowest BCUT2D eigenvalue weighted by molar-refractivity contribution is -0.305. The largest absolute Gasteiger partial charge is 0.458 e. The average Bonchev–Trinajstić information content (AvgIpc) is 3.18. The molecule has 314 valence electrons. The molecule has 10 heteroatoms. The van der Waals surface area contributed by atoms with Crippen LogP contribution in [0.2, 0.25) is 0 Å². The molecule has 0 aromatic carbocycles. The smallest absolute Gasteiger partial charge is 0.330 e. The molecule has 4 N–H and O–H groups in total. The zero-order valence-electron chi connectivity index (χ0n) is 33.9. The molecule has 0 bridgehead atoms. The van der Waals surface area contributed by atoms with Gasteiger partial charge < -0.3 is 39.4 Å². The van der Waals surface area contributed by atoms with Crippen molar-refractivity contribution in [2.45, 2.75) is 179 Å². The van der Waals surface area contributed by atoms with Gasteiger partial charge in [-0.1, -0.05) is 164 Å². The van der Waals surface area contributed by atoms with E-state index < -0.39 is 55.4 Å². The number of carbonyl (C=O) groups excluding carboxylic acids is 2. The van der Waals surface area contributed by atoms with Crippen molar-refractivity contribution in [2.75, 3.05) is 19.8 Å². The highest BCUT2D eigenvalue weighted by atomic mass is 16.7. The van der Waals surface area contributed by atoms with Crippen LogP contribution in [0.15, 0.2) is 72.9 Å². The number of aliphatic hydroxyl groups excluding tert-OH is 4. The van der Waals surface area contributed by atoms with E-state index in [1.807, 2.05) is 48.6 Å². The molecule has 0 aromatic heterocycles. The summed E-state index contributed by atoms with van der Waals surface area (Å²) in [5, 5.41) is 40.0. The fraction of sp³-hybridized carbons (Fsp3) is 0.689. The van der Waals surface area contributed by atoms with Gasteiger partial charge in [0.05, 0.1) is 13.2 Å². The van der Waals surface area contributed by atoms with Gasteiger partial charge in [-0.25, -0.2) is 4.79 Å². The molecular weight excluding hydrogens is 700 g/mol. The molecule has 2 unspecified atom stereocenters. The quantitative estimate of drug-likeness (QED) is 0.0221. The molecule has 1 rings (SSSR count). The molecule has 1 fully saturated rings. The van der Waals surface area contributed by atoms with E-state index in [-0.39, 0.29) is 19.6 Å². The predicted octanol–water partition coefficient (Wildman–Crippen LogP) is 8.44. The number of rotatable bonds is 33. The first-order chi connectivity index (χ1) is 26.8. The van der Waals surface area contributed by atoms with Gasteiger partial charge in [0.15, 0.2) is 12.4 Å². The fourth-order valence-electron chi connectivity index (χ4n) is 5.93. The maximum absolute atomic E-state index is 12.7. The number of allylic oxidation sites excluding steroid dienone is 11. The molecule has 1 heterocycles. The summed E-state index contributed by atoms with van der Waals surface area (Å²) < 4.78 is 21.9. The summed E-state index contributed by atoms with van der Waals surface area (Å²) in [6.45, 7) is 3.12. The highest BCUT2D eigenvalue weighted by Gasteiger charge is 2.44. The molecule has 0 radical (unpaired) electrons. The Morgan fingerprint density at radius 1 is 0.618 bits per heavy atom. The van der Waals surface area contributed by atoms with Crippen LogP contribution in [0, 0.1) is 0 Å². The summed E-state index contributed by atoms with van der Waals surface area (Å²) in [7, 11) is 0. The van der Waals surface area contributed by atoms with Crippen LogP contribution in [0.3, 0.4) is 0 Å². The normalized spacial score (nSPS) is 21.3. The second kappa shape index (κ2) is 35.5. The van der Waals surface area contributed by atoms with E-state index in [9.17, 15) is 30.0 Å². The van der Waals surface area contributed by atoms with E-state index >= 15 is 0 Å². The maximum atomic E-state index is 12.7. The Balaban J connectivity index is 2.44. The Hall–Kier alpha value is -2.86. The summed E-state index contributed by atoms with van der Waals surface area (Å²) in [5.74, 6) is -1.09. The lowest BCUT2D eigenvalue weighted by Gasteiger charge is -2.39. The van der Waals surface area contributed by atoms with Crippen molar-refractivity contribution in [1.29, 1.82) is 0 Å². The van der Waals surface area contributed by atoms with Crippen LogP contribution >= 0.6 is 0 Å². The summed E-state index contributed by atoms with van der Waals surface area (Å²) in [4.78, 5) is 25.1. The van der Waals surface area contributed by atoms with Crippen LogP contribution in [0.1, 0.15) is 142 Å². The van der Waals surface area contributed by atoms with Crippen molar-refractivity contribution in [2.24, 2.45) is 0 Å². The van der Waals surface area contributed by atoms with E-state index in [1.165, 1.54) is 70.3 Å². The van der Waals surface area contributed by atoms with Gasteiger partial charge in [-0.2, -0.15) is 0 Å². The third-order valence-electron chi connectivity index (χ3n) is 9.27. The van der Waals surface area contributed by atoms with Gasteiger partial charge in [-0.3, -0.25) is 4.79 Å². The molecule has 0 amide bonds. The van der Waals surface area contributed by atoms with Crippen LogP contribution in [0.25, 0.3) is 0 Å². The molecule has 55 heavy (non-hydrogen) atoms. The second-order valence-electron chi connectivity index (χ2n) is 14.2. The molecule has 1 aliphatic heterocycles. The minimum Gasteiger partial charge on any atom is -0.458 e. The second-order valence-corrected chi connectivity index (χ2v) is 14.2. The standard InChI is InChI=1S/C45H74O10/c1-3-5-7-9-11-13-15-17-19-21-23-25-27-29-31-33-40(47)52-36-38(37-53-45-44(51)43(50)42(49)39(35-46)55-45)54-41(48)34-32-30-28-26-24-22-20-18-16-14-12-10-8-6-4-2/h6,8,10,12,14,16,18,20,27,29,31,33,38-39,42-46,49-51H,3-5,7,9,11,13,15,17,19,21-26,28,30,32,34-37H2,1-2H3/b8-6+,12-10+,16-14+,20-18+,29-27+,33-31+/t38-,39-,42+,43?,44?,45-/m0/s1. The topological polar surface area (TPSA) is 152 Å². The molecule has 1 saturated heterocycles. The van der Waals surface area contributed by atoms with E-state index in [2.05, 4.69) is 26.0 Å². The van der Waals surface area contributed by atoms with Crippen LogP contribution in [0.4, 0.5) is 0 Å². The van der Waals surface area contributed by atoms with E-state index in [1.54, 1.807) is 6.08 Å². The fourth-order valence-corrected chi connectivity index (χ4v) is 5.93. The van der Waals surface area contributed by atoms with E-state index in [0.29, 0.717) is 6.42 Å². The van der Waals surface area contributed by atoms with Crippen molar-refractivity contribution in [3.05, 3.63) is 72.9 Å². The Morgan fingerprint density at radius 3 is 1.73 bits per heavy atom. The number of carbonyl (C=O) groups is 2. The number of hydrogen-bond acceptors (Lipinski definition) is 10. The highest BCUT2D eigenvalue weighted by Crippen LogP contribution is 2.22. The predicted molar refractivity (Wildman–Crippen MR) is 219 cm³/mol. The Morgan fingerprint density at radius 2 is 1.15 bits per heavy atom. The monoisotopic (exact) mass is 775 g/mol. The van der Waals surface area contributed by atoms with Gasteiger partial charge in [0, 0.05) is 12.5 Å². The molecule has 0 aromatic rings. The average molecular weight is 775 g/mol. The molecule has 0 spiro atoms. The van der Waals surface area contributed by atoms with Crippen molar-refractivity contribution >= 4 is 11.9 Å². The third kappa shape index (κ3) is 27.4. The van der Waals surface area contributed by atoms with Gasteiger partial charge in [0.2, 0.25) is 0 Å². The number of ether oxygens (including phenoxy) is 4. The zero-order valence-corrected chi connectivity index (χ0v) is 33.9. The summed E-state index contributed by atoms with van der Waals surface area (Å²) in [5.41, 5.74) is 0. The lowest BCUT2D eigenvalue weighted by atomic mass is 9.99. The lowest BCUT2D eigenvalue weighted by Crippen LogP contribution is -2.59. The highest BCUT2D eigenvalue weighted by molar-refractivity contribution is 5.82.